The second-order valence-corrected chi connectivity index (χ2v) is 7.85. The van der Waals surface area contributed by atoms with Gasteiger partial charge in [0.05, 0.1) is 0 Å². The third-order valence-electron chi connectivity index (χ3n) is 5.92. The fourth-order valence-electron chi connectivity index (χ4n) is 4.65. The van der Waals surface area contributed by atoms with Gasteiger partial charge in [0.1, 0.15) is 0 Å². The van der Waals surface area contributed by atoms with E-state index in [0.29, 0.717) is 23.7 Å². The first-order valence-corrected chi connectivity index (χ1v) is 9.31. The van der Waals surface area contributed by atoms with Gasteiger partial charge in [0.2, 0.25) is 5.91 Å². The first-order valence-electron chi connectivity index (χ1n) is 8.93. The highest BCUT2D eigenvalue weighted by Gasteiger charge is 2.41. The molecule has 0 aromatic heterocycles. The van der Waals surface area contributed by atoms with Gasteiger partial charge in [-0.05, 0) is 55.2 Å². The number of rotatable bonds is 2. The maximum atomic E-state index is 13.0. The average Bonchev–Trinajstić information content (AvgIpc) is 3.11. The van der Waals surface area contributed by atoms with E-state index in [9.17, 15) is 4.79 Å². The van der Waals surface area contributed by atoms with Gasteiger partial charge < -0.3 is 4.90 Å². The Bertz CT molecular complexity index is 609. The smallest absolute Gasteiger partial charge is 0.226 e. The van der Waals surface area contributed by atoms with Crippen molar-refractivity contribution in [1.82, 2.24) is 4.90 Å². The monoisotopic (exact) mass is 329 g/mol. The summed E-state index contributed by atoms with van der Waals surface area (Å²) in [4.78, 5) is 15.2. The highest BCUT2D eigenvalue weighted by Crippen LogP contribution is 2.44. The summed E-state index contributed by atoms with van der Waals surface area (Å²) in [5, 5.41) is 0.782. The molecule has 4 rings (SSSR count). The highest BCUT2D eigenvalue weighted by molar-refractivity contribution is 6.30. The quantitative estimate of drug-likeness (QED) is 0.723. The predicted molar refractivity (Wildman–Crippen MR) is 93.5 cm³/mol. The molecule has 3 aliphatic rings. The van der Waals surface area contributed by atoms with Crippen LogP contribution < -0.4 is 0 Å². The highest BCUT2D eigenvalue weighted by atomic mass is 35.5. The van der Waals surface area contributed by atoms with Crippen LogP contribution in [0.4, 0.5) is 0 Å². The molecule has 23 heavy (non-hydrogen) atoms. The predicted octanol–water partition coefficient (Wildman–Crippen LogP) is 4.65. The molecule has 1 aliphatic heterocycles. The zero-order valence-electron chi connectivity index (χ0n) is 13.5. The lowest BCUT2D eigenvalue weighted by molar-refractivity contribution is -0.136. The van der Waals surface area contributed by atoms with Crippen molar-refractivity contribution in [2.75, 3.05) is 13.1 Å². The van der Waals surface area contributed by atoms with Crippen molar-refractivity contribution in [3.63, 3.8) is 0 Å². The topological polar surface area (TPSA) is 20.3 Å². The van der Waals surface area contributed by atoms with Crippen molar-refractivity contribution in [2.45, 2.75) is 38.0 Å². The zero-order valence-corrected chi connectivity index (χ0v) is 14.2. The summed E-state index contributed by atoms with van der Waals surface area (Å²) in [7, 11) is 0. The number of halogens is 1. The van der Waals surface area contributed by atoms with E-state index in [1.54, 1.807) is 0 Å². The van der Waals surface area contributed by atoms with Gasteiger partial charge in [-0.15, -0.1) is 0 Å². The van der Waals surface area contributed by atoms with Crippen LogP contribution in [0.1, 0.15) is 43.6 Å². The molecule has 0 N–H and O–H groups in total. The number of hydrogen-bond donors (Lipinski definition) is 0. The van der Waals surface area contributed by atoms with Crippen molar-refractivity contribution in [3.05, 3.63) is 47.0 Å². The largest absolute Gasteiger partial charge is 0.342 e. The number of hydrogen-bond acceptors (Lipinski definition) is 1. The van der Waals surface area contributed by atoms with Gasteiger partial charge in [0.25, 0.3) is 0 Å². The van der Waals surface area contributed by atoms with Crippen LogP contribution in [0.5, 0.6) is 0 Å². The molecule has 1 heterocycles. The first kappa shape index (κ1) is 15.3. The van der Waals surface area contributed by atoms with Gasteiger partial charge in [0, 0.05) is 29.9 Å². The number of nitrogens with zero attached hydrogens (tertiary/aromatic N) is 1. The van der Waals surface area contributed by atoms with Crippen LogP contribution in [0.3, 0.4) is 0 Å². The Balaban J connectivity index is 1.48. The van der Waals surface area contributed by atoms with E-state index >= 15 is 0 Å². The molecule has 1 amide bonds. The molecule has 1 aromatic rings. The molecule has 2 bridgehead atoms. The normalized spacial score (nSPS) is 33.0. The average molecular weight is 330 g/mol. The summed E-state index contributed by atoms with van der Waals surface area (Å²) in [5.74, 6) is 2.27. The Kier molecular flexibility index (Phi) is 4.19. The number of carbonyl (C=O) groups is 1. The molecular weight excluding hydrogens is 306 g/mol. The van der Waals surface area contributed by atoms with Crippen LogP contribution in [-0.4, -0.2) is 23.9 Å². The SMILES string of the molecule is O=C([C@@H]1C[C@H]2C=C[C@H]1C2)N1CCCC[C@@H](c2ccc(Cl)cc2)C1. The van der Waals surface area contributed by atoms with Crippen molar-refractivity contribution >= 4 is 17.5 Å². The zero-order chi connectivity index (χ0) is 15.8. The Morgan fingerprint density at radius 2 is 1.91 bits per heavy atom. The number of amides is 1. The summed E-state index contributed by atoms with van der Waals surface area (Å²) in [6.07, 6.45) is 10.4. The van der Waals surface area contributed by atoms with Crippen LogP contribution in [0, 0.1) is 17.8 Å². The molecular formula is C20H24ClNO. The molecule has 2 aliphatic carbocycles. The second kappa shape index (κ2) is 6.32. The van der Waals surface area contributed by atoms with Crippen molar-refractivity contribution in [3.8, 4) is 0 Å². The second-order valence-electron chi connectivity index (χ2n) is 7.42. The summed E-state index contributed by atoms with van der Waals surface area (Å²) in [6, 6.07) is 8.19. The van der Waals surface area contributed by atoms with E-state index in [2.05, 4.69) is 29.2 Å². The summed E-state index contributed by atoms with van der Waals surface area (Å²) < 4.78 is 0. The summed E-state index contributed by atoms with van der Waals surface area (Å²) in [5.41, 5.74) is 1.32. The minimum atomic E-state index is 0.244. The Hall–Kier alpha value is -1.28. The van der Waals surface area contributed by atoms with E-state index in [1.807, 2.05) is 12.1 Å². The standard InChI is InChI=1S/C20H24ClNO/c21-18-8-6-15(7-9-18)17-3-1-2-10-22(13-17)20(23)19-12-14-4-5-16(19)11-14/h4-9,14,16-17,19H,1-3,10-13H2/t14-,16-,17+,19+/m0/s1. The minimum Gasteiger partial charge on any atom is -0.342 e. The van der Waals surface area contributed by atoms with Gasteiger partial charge in [-0.1, -0.05) is 42.3 Å². The summed E-state index contributed by atoms with van der Waals surface area (Å²) in [6.45, 7) is 1.80. The van der Waals surface area contributed by atoms with Crippen LogP contribution in [0.2, 0.25) is 5.02 Å². The van der Waals surface area contributed by atoms with E-state index in [0.717, 1.165) is 31.0 Å². The van der Waals surface area contributed by atoms with Gasteiger partial charge in [-0.3, -0.25) is 4.79 Å². The lowest BCUT2D eigenvalue weighted by Gasteiger charge is -2.29. The maximum absolute atomic E-state index is 13.0. The van der Waals surface area contributed by atoms with Gasteiger partial charge in [0.15, 0.2) is 0 Å². The molecule has 2 nitrogen and oxygen atoms in total. The Labute approximate surface area is 143 Å². The van der Waals surface area contributed by atoms with Crippen molar-refractivity contribution < 1.29 is 4.79 Å². The van der Waals surface area contributed by atoms with E-state index < -0.39 is 0 Å². The lowest BCUT2D eigenvalue weighted by atomic mass is 9.91. The van der Waals surface area contributed by atoms with E-state index in [-0.39, 0.29) is 5.92 Å². The first-order chi connectivity index (χ1) is 11.2. The number of likely N-dealkylation sites (tertiary alicyclic amines) is 1. The molecule has 2 fully saturated rings. The molecule has 0 unspecified atom stereocenters. The molecule has 1 saturated carbocycles. The molecule has 4 atom stereocenters. The van der Waals surface area contributed by atoms with E-state index in [4.69, 9.17) is 11.6 Å². The number of allylic oxidation sites excluding steroid dienone is 2. The maximum Gasteiger partial charge on any atom is 0.226 e. The van der Waals surface area contributed by atoms with Crippen LogP contribution >= 0.6 is 11.6 Å². The van der Waals surface area contributed by atoms with Gasteiger partial charge in [-0.2, -0.15) is 0 Å². The van der Waals surface area contributed by atoms with Crippen LogP contribution in [0.15, 0.2) is 36.4 Å². The van der Waals surface area contributed by atoms with Gasteiger partial charge >= 0.3 is 0 Å². The molecule has 3 heteroatoms. The van der Waals surface area contributed by atoms with Gasteiger partial charge in [-0.25, -0.2) is 0 Å². The number of benzene rings is 1. The number of fused-ring (bicyclic) bond motifs is 2. The number of carbonyl (C=O) groups excluding carboxylic acids is 1. The Morgan fingerprint density at radius 1 is 1.09 bits per heavy atom. The lowest BCUT2D eigenvalue weighted by Crippen LogP contribution is -2.39. The fraction of sp³-hybridized carbons (Fsp3) is 0.550. The van der Waals surface area contributed by atoms with Crippen LogP contribution in [-0.2, 0) is 4.79 Å². The van der Waals surface area contributed by atoms with Crippen molar-refractivity contribution in [2.24, 2.45) is 17.8 Å². The summed E-state index contributed by atoms with van der Waals surface area (Å²) >= 11 is 6.01. The van der Waals surface area contributed by atoms with Crippen molar-refractivity contribution in [1.29, 1.82) is 0 Å². The molecule has 1 aromatic carbocycles. The molecule has 0 spiro atoms. The van der Waals surface area contributed by atoms with Crippen LogP contribution in [0.25, 0.3) is 0 Å². The van der Waals surface area contributed by atoms with E-state index in [1.165, 1.54) is 24.8 Å². The molecule has 122 valence electrons. The molecule has 1 saturated heterocycles. The third-order valence-corrected chi connectivity index (χ3v) is 6.17. The molecule has 0 radical (unpaired) electrons. The third kappa shape index (κ3) is 3.06. The Morgan fingerprint density at radius 3 is 2.61 bits per heavy atom. The minimum absolute atomic E-state index is 0.244. The fourth-order valence-corrected chi connectivity index (χ4v) is 4.77.